The smallest absolute Gasteiger partial charge is 0.240 e. The molecule has 9 heteroatoms. The summed E-state index contributed by atoms with van der Waals surface area (Å²) in [4.78, 5) is 14.5. The van der Waals surface area contributed by atoms with Crippen LogP contribution in [-0.2, 0) is 4.79 Å². The highest BCUT2D eigenvalue weighted by Gasteiger charge is 2.28. The van der Waals surface area contributed by atoms with Crippen molar-refractivity contribution in [1.82, 2.24) is 20.3 Å². The van der Waals surface area contributed by atoms with Crippen molar-refractivity contribution in [2.24, 2.45) is 0 Å². The standard InChI is InChI=1S/C15H21N5O2S2/c1-3-23-15-18-17-14(24-15)16-13(21)9-20-7-5-4-6-12(20)11-8-10(2)22-19-11/h8,12H,3-7,9H2,1-2H3,(H,16,17,21)/t12-/m1/s1. The molecule has 3 heterocycles. The highest BCUT2D eigenvalue weighted by atomic mass is 32.2. The molecule has 0 aliphatic carbocycles. The van der Waals surface area contributed by atoms with Crippen molar-refractivity contribution in [3.05, 3.63) is 17.5 Å². The van der Waals surface area contributed by atoms with Crippen LogP contribution in [0.5, 0.6) is 0 Å². The third-order valence-electron chi connectivity index (χ3n) is 3.87. The summed E-state index contributed by atoms with van der Waals surface area (Å²) in [6, 6.07) is 2.10. The molecular formula is C15H21N5O2S2. The summed E-state index contributed by atoms with van der Waals surface area (Å²) in [5.74, 6) is 1.68. The molecule has 1 saturated heterocycles. The number of amides is 1. The molecule has 0 saturated carbocycles. The van der Waals surface area contributed by atoms with Gasteiger partial charge in [0.15, 0.2) is 4.34 Å². The first kappa shape index (κ1) is 17.4. The highest BCUT2D eigenvalue weighted by Crippen LogP contribution is 2.30. The van der Waals surface area contributed by atoms with Gasteiger partial charge >= 0.3 is 0 Å². The molecule has 2 aromatic rings. The van der Waals surface area contributed by atoms with E-state index in [1.54, 1.807) is 11.8 Å². The molecule has 1 fully saturated rings. The Morgan fingerprint density at radius 2 is 2.38 bits per heavy atom. The molecule has 1 atom stereocenters. The monoisotopic (exact) mass is 367 g/mol. The van der Waals surface area contributed by atoms with Crippen LogP contribution >= 0.6 is 23.1 Å². The molecule has 0 radical (unpaired) electrons. The lowest BCUT2D eigenvalue weighted by Crippen LogP contribution is -2.39. The number of nitrogens with one attached hydrogen (secondary N) is 1. The Labute approximate surface area is 149 Å². The van der Waals surface area contributed by atoms with Crippen LogP contribution < -0.4 is 5.32 Å². The number of aromatic nitrogens is 3. The molecular weight excluding hydrogens is 346 g/mol. The van der Waals surface area contributed by atoms with E-state index in [0.29, 0.717) is 11.7 Å². The van der Waals surface area contributed by atoms with Gasteiger partial charge in [0.2, 0.25) is 11.0 Å². The number of carbonyl (C=O) groups excluding carboxylic acids is 1. The number of piperidine rings is 1. The van der Waals surface area contributed by atoms with E-state index < -0.39 is 0 Å². The first-order chi connectivity index (χ1) is 11.7. The van der Waals surface area contributed by atoms with Gasteiger partial charge < -0.3 is 4.52 Å². The summed E-state index contributed by atoms with van der Waals surface area (Å²) >= 11 is 3.03. The third kappa shape index (κ3) is 4.34. The quantitative estimate of drug-likeness (QED) is 0.620. The van der Waals surface area contributed by atoms with Crippen LogP contribution in [-0.4, -0.2) is 45.0 Å². The van der Waals surface area contributed by atoms with Crippen LogP contribution in [0.3, 0.4) is 0 Å². The Hall–Kier alpha value is -1.45. The molecule has 24 heavy (non-hydrogen) atoms. The van der Waals surface area contributed by atoms with Crippen molar-refractivity contribution in [3.8, 4) is 0 Å². The van der Waals surface area contributed by atoms with Crippen molar-refractivity contribution in [2.75, 3.05) is 24.2 Å². The normalized spacial score (nSPS) is 18.7. The van der Waals surface area contributed by atoms with Gasteiger partial charge in [0.25, 0.3) is 0 Å². The van der Waals surface area contributed by atoms with E-state index in [1.807, 2.05) is 13.0 Å². The number of carbonyl (C=O) groups is 1. The molecule has 1 aliphatic heterocycles. The van der Waals surface area contributed by atoms with Crippen molar-refractivity contribution in [2.45, 2.75) is 43.5 Å². The van der Waals surface area contributed by atoms with Gasteiger partial charge in [-0.05, 0) is 32.1 Å². The van der Waals surface area contributed by atoms with Crippen LogP contribution in [0.1, 0.15) is 43.7 Å². The topological polar surface area (TPSA) is 84.2 Å². The Morgan fingerprint density at radius 1 is 1.50 bits per heavy atom. The van der Waals surface area contributed by atoms with E-state index in [1.165, 1.54) is 11.3 Å². The average Bonchev–Trinajstić information content (AvgIpc) is 3.17. The molecule has 2 aromatic heterocycles. The predicted octanol–water partition coefficient (Wildman–Crippen LogP) is 3.11. The summed E-state index contributed by atoms with van der Waals surface area (Å²) < 4.78 is 6.07. The number of aryl methyl sites for hydroxylation is 1. The minimum Gasteiger partial charge on any atom is -0.361 e. The fraction of sp³-hybridized carbons (Fsp3) is 0.600. The van der Waals surface area contributed by atoms with Crippen molar-refractivity contribution < 1.29 is 9.32 Å². The Morgan fingerprint density at radius 3 is 3.12 bits per heavy atom. The summed E-state index contributed by atoms with van der Waals surface area (Å²) in [5, 5.41) is 15.6. The van der Waals surface area contributed by atoms with E-state index in [9.17, 15) is 4.79 Å². The van der Waals surface area contributed by atoms with Crippen LogP contribution in [0.25, 0.3) is 0 Å². The number of nitrogens with zero attached hydrogens (tertiary/aromatic N) is 4. The van der Waals surface area contributed by atoms with E-state index in [-0.39, 0.29) is 11.9 Å². The Kier molecular flexibility index (Phi) is 5.85. The van der Waals surface area contributed by atoms with Crippen molar-refractivity contribution >= 4 is 34.1 Å². The van der Waals surface area contributed by atoms with Gasteiger partial charge in [0.05, 0.1) is 12.6 Å². The first-order valence-corrected chi connectivity index (χ1v) is 9.89. The number of likely N-dealkylation sites (tertiary alicyclic amines) is 1. The van der Waals surface area contributed by atoms with E-state index in [2.05, 4.69) is 32.5 Å². The van der Waals surface area contributed by atoms with E-state index in [0.717, 1.165) is 47.4 Å². The van der Waals surface area contributed by atoms with Crippen LogP contribution in [0, 0.1) is 6.92 Å². The lowest BCUT2D eigenvalue weighted by Gasteiger charge is -2.33. The lowest BCUT2D eigenvalue weighted by molar-refractivity contribution is -0.118. The van der Waals surface area contributed by atoms with Gasteiger partial charge in [-0.2, -0.15) is 0 Å². The van der Waals surface area contributed by atoms with Gasteiger partial charge in [-0.25, -0.2) is 0 Å². The molecule has 0 bridgehead atoms. The second kappa shape index (κ2) is 8.09. The van der Waals surface area contributed by atoms with Crippen LogP contribution in [0.2, 0.25) is 0 Å². The molecule has 7 nitrogen and oxygen atoms in total. The summed E-state index contributed by atoms with van der Waals surface area (Å²) in [5.41, 5.74) is 0.914. The van der Waals surface area contributed by atoms with Gasteiger partial charge in [-0.15, -0.1) is 10.2 Å². The molecule has 0 spiro atoms. The maximum Gasteiger partial charge on any atom is 0.240 e. The fourth-order valence-electron chi connectivity index (χ4n) is 2.84. The number of rotatable bonds is 6. The lowest BCUT2D eigenvalue weighted by atomic mass is 9.99. The Bertz CT molecular complexity index is 687. The van der Waals surface area contributed by atoms with Gasteiger partial charge in [-0.1, -0.05) is 41.6 Å². The summed E-state index contributed by atoms with van der Waals surface area (Å²) in [7, 11) is 0. The maximum atomic E-state index is 12.4. The minimum absolute atomic E-state index is 0.0636. The minimum atomic E-state index is -0.0636. The summed E-state index contributed by atoms with van der Waals surface area (Å²) in [6.45, 7) is 5.16. The molecule has 0 aromatic carbocycles. The largest absolute Gasteiger partial charge is 0.361 e. The summed E-state index contributed by atoms with van der Waals surface area (Å²) in [6.07, 6.45) is 3.23. The van der Waals surface area contributed by atoms with E-state index in [4.69, 9.17) is 4.52 Å². The van der Waals surface area contributed by atoms with Crippen molar-refractivity contribution in [3.63, 3.8) is 0 Å². The zero-order valence-electron chi connectivity index (χ0n) is 13.8. The van der Waals surface area contributed by atoms with Crippen LogP contribution in [0.4, 0.5) is 5.13 Å². The van der Waals surface area contributed by atoms with Crippen LogP contribution in [0.15, 0.2) is 14.9 Å². The predicted molar refractivity (Wildman–Crippen MR) is 94.3 cm³/mol. The molecule has 130 valence electrons. The highest BCUT2D eigenvalue weighted by molar-refractivity contribution is 8.01. The van der Waals surface area contributed by atoms with Gasteiger partial charge in [0, 0.05) is 6.07 Å². The van der Waals surface area contributed by atoms with E-state index >= 15 is 0 Å². The number of anilines is 1. The molecule has 1 aliphatic rings. The molecule has 1 N–H and O–H groups in total. The van der Waals surface area contributed by atoms with Crippen molar-refractivity contribution in [1.29, 1.82) is 0 Å². The zero-order chi connectivity index (χ0) is 16.9. The molecule has 3 rings (SSSR count). The zero-order valence-corrected chi connectivity index (χ0v) is 15.5. The first-order valence-electron chi connectivity index (χ1n) is 8.09. The average molecular weight is 368 g/mol. The Balaban J connectivity index is 1.60. The third-order valence-corrected chi connectivity index (χ3v) is 5.72. The molecule has 1 amide bonds. The fourth-order valence-corrected chi connectivity index (χ4v) is 4.51. The number of hydrogen-bond donors (Lipinski definition) is 1. The maximum absolute atomic E-state index is 12.4. The SMILES string of the molecule is CCSc1nnc(NC(=O)CN2CCCC[C@@H]2c2cc(C)on2)s1. The number of hydrogen-bond acceptors (Lipinski definition) is 8. The number of thioether (sulfide) groups is 1. The second-order valence-electron chi connectivity index (χ2n) is 5.70. The molecule has 0 unspecified atom stereocenters. The van der Waals surface area contributed by atoms with Gasteiger partial charge in [-0.3, -0.25) is 15.0 Å². The second-order valence-corrected chi connectivity index (χ2v) is 8.19. The van der Waals surface area contributed by atoms with Gasteiger partial charge in [0.1, 0.15) is 11.5 Å².